The second-order valence-corrected chi connectivity index (χ2v) is 6.48. The minimum absolute atomic E-state index is 0.0349. The first-order valence-electron chi connectivity index (χ1n) is 8.07. The molecule has 1 heterocycles. The van der Waals surface area contributed by atoms with Crippen LogP contribution in [-0.2, 0) is 4.74 Å². The number of benzene rings is 1. The van der Waals surface area contributed by atoms with Crippen LogP contribution >= 0.6 is 0 Å². The Kier molecular flexibility index (Phi) is 4.29. The number of aldehydes is 1. The third-order valence-electron chi connectivity index (χ3n) is 4.80. The van der Waals surface area contributed by atoms with E-state index in [1.807, 2.05) is 25.1 Å². The Balaban J connectivity index is 1.71. The minimum Gasteiger partial charge on any atom is -0.489 e. The van der Waals surface area contributed by atoms with Gasteiger partial charge in [-0.2, -0.15) is 0 Å². The van der Waals surface area contributed by atoms with Crippen LogP contribution in [-0.4, -0.2) is 24.6 Å². The van der Waals surface area contributed by atoms with Crippen LogP contribution < -0.4 is 4.74 Å². The van der Waals surface area contributed by atoms with Crippen molar-refractivity contribution in [2.75, 3.05) is 6.61 Å². The molecule has 0 amide bonds. The van der Waals surface area contributed by atoms with Gasteiger partial charge in [0.15, 0.2) is 6.29 Å². The summed E-state index contributed by atoms with van der Waals surface area (Å²) < 4.78 is 12.2. The molecule has 1 aromatic carbocycles. The standard InChI is InChI=1S/C18H24O3/c1-14-5-6-17(15(11-14)13-19)21-16-7-10-20-18(12-16)8-3-2-4-9-18/h5-6,11,13,16H,2-4,7-10,12H2,1H3. The van der Waals surface area contributed by atoms with E-state index in [2.05, 4.69) is 0 Å². The zero-order valence-corrected chi connectivity index (χ0v) is 12.8. The van der Waals surface area contributed by atoms with Gasteiger partial charge in [0.25, 0.3) is 0 Å². The van der Waals surface area contributed by atoms with Crippen LogP contribution in [0.2, 0.25) is 0 Å². The Morgan fingerprint density at radius 3 is 2.86 bits per heavy atom. The monoisotopic (exact) mass is 288 g/mol. The van der Waals surface area contributed by atoms with E-state index in [-0.39, 0.29) is 11.7 Å². The van der Waals surface area contributed by atoms with Crippen molar-refractivity contribution in [2.45, 2.75) is 63.6 Å². The van der Waals surface area contributed by atoms with Crippen LogP contribution in [0.15, 0.2) is 18.2 Å². The molecule has 0 radical (unpaired) electrons. The van der Waals surface area contributed by atoms with E-state index in [1.54, 1.807) is 0 Å². The lowest BCUT2D eigenvalue weighted by molar-refractivity contribution is -0.129. The smallest absolute Gasteiger partial charge is 0.153 e. The summed E-state index contributed by atoms with van der Waals surface area (Å²) in [6.07, 6.45) is 9.07. The summed E-state index contributed by atoms with van der Waals surface area (Å²) in [5, 5.41) is 0. The molecular weight excluding hydrogens is 264 g/mol. The second-order valence-electron chi connectivity index (χ2n) is 6.48. The van der Waals surface area contributed by atoms with Crippen molar-refractivity contribution in [1.29, 1.82) is 0 Å². The molecule has 1 aromatic rings. The van der Waals surface area contributed by atoms with Gasteiger partial charge in [-0.05, 0) is 31.9 Å². The third kappa shape index (κ3) is 3.29. The lowest BCUT2D eigenvalue weighted by Crippen LogP contribution is -2.45. The van der Waals surface area contributed by atoms with Crippen LogP contribution in [0.4, 0.5) is 0 Å². The number of carbonyl (C=O) groups excluding carboxylic acids is 1. The lowest BCUT2D eigenvalue weighted by atomic mass is 9.79. The molecule has 3 rings (SSSR count). The molecule has 114 valence electrons. The fourth-order valence-electron chi connectivity index (χ4n) is 3.67. The largest absolute Gasteiger partial charge is 0.489 e. The van der Waals surface area contributed by atoms with Gasteiger partial charge in [-0.25, -0.2) is 0 Å². The highest BCUT2D eigenvalue weighted by Gasteiger charge is 2.39. The molecule has 0 aromatic heterocycles. The summed E-state index contributed by atoms with van der Waals surface area (Å²) in [5.74, 6) is 0.716. The summed E-state index contributed by atoms with van der Waals surface area (Å²) in [4.78, 5) is 11.2. The Morgan fingerprint density at radius 2 is 2.10 bits per heavy atom. The van der Waals surface area contributed by atoms with Gasteiger partial charge in [-0.15, -0.1) is 0 Å². The van der Waals surface area contributed by atoms with Gasteiger partial charge in [0.05, 0.1) is 17.8 Å². The highest BCUT2D eigenvalue weighted by Crippen LogP contribution is 2.39. The van der Waals surface area contributed by atoms with Crippen LogP contribution in [0.5, 0.6) is 5.75 Å². The van der Waals surface area contributed by atoms with Crippen molar-refractivity contribution in [3.8, 4) is 5.75 Å². The highest BCUT2D eigenvalue weighted by molar-refractivity contribution is 5.79. The van der Waals surface area contributed by atoms with Gasteiger partial charge in [-0.1, -0.05) is 30.9 Å². The maximum absolute atomic E-state index is 11.2. The van der Waals surface area contributed by atoms with Gasteiger partial charge < -0.3 is 9.47 Å². The Morgan fingerprint density at radius 1 is 1.29 bits per heavy atom. The zero-order valence-electron chi connectivity index (χ0n) is 12.8. The molecule has 3 heteroatoms. The maximum atomic E-state index is 11.2. The Labute approximate surface area is 126 Å². The van der Waals surface area contributed by atoms with Crippen LogP contribution in [0.25, 0.3) is 0 Å². The first kappa shape index (κ1) is 14.6. The normalized spacial score (nSPS) is 24.7. The van der Waals surface area contributed by atoms with Gasteiger partial charge >= 0.3 is 0 Å². The fraction of sp³-hybridized carbons (Fsp3) is 0.611. The fourth-order valence-corrected chi connectivity index (χ4v) is 3.67. The highest BCUT2D eigenvalue weighted by atomic mass is 16.5. The topological polar surface area (TPSA) is 35.5 Å². The summed E-state index contributed by atoms with van der Waals surface area (Å²) in [5.41, 5.74) is 1.77. The molecule has 1 aliphatic heterocycles. The molecule has 1 spiro atoms. The van der Waals surface area contributed by atoms with Gasteiger partial charge in [-0.3, -0.25) is 4.79 Å². The number of aryl methyl sites for hydroxylation is 1. The van der Waals surface area contributed by atoms with E-state index < -0.39 is 0 Å². The number of carbonyl (C=O) groups is 1. The van der Waals surface area contributed by atoms with Crippen LogP contribution in [0.1, 0.15) is 60.9 Å². The number of ether oxygens (including phenoxy) is 2. The van der Waals surface area contributed by atoms with Gasteiger partial charge in [0, 0.05) is 12.8 Å². The first-order chi connectivity index (χ1) is 10.2. The molecule has 1 saturated carbocycles. The van der Waals surface area contributed by atoms with Gasteiger partial charge in [0.1, 0.15) is 11.9 Å². The molecule has 1 unspecified atom stereocenters. The van der Waals surface area contributed by atoms with E-state index in [9.17, 15) is 4.79 Å². The number of hydrogen-bond acceptors (Lipinski definition) is 3. The van der Waals surface area contributed by atoms with E-state index >= 15 is 0 Å². The Hall–Kier alpha value is -1.35. The molecule has 1 aliphatic carbocycles. The molecule has 2 fully saturated rings. The van der Waals surface area contributed by atoms with Gasteiger partial charge in [0.2, 0.25) is 0 Å². The maximum Gasteiger partial charge on any atom is 0.153 e. The predicted octanol–water partition coefficient (Wildman–Crippen LogP) is 4.07. The van der Waals surface area contributed by atoms with Crippen molar-refractivity contribution in [3.05, 3.63) is 29.3 Å². The molecule has 0 bridgehead atoms. The molecule has 0 N–H and O–H groups in total. The van der Waals surface area contributed by atoms with Crippen molar-refractivity contribution in [1.82, 2.24) is 0 Å². The van der Waals surface area contributed by atoms with Crippen molar-refractivity contribution in [3.63, 3.8) is 0 Å². The van der Waals surface area contributed by atoms with Crippen molar-refractivity contribution in [2.24, 2.45) is 0 Å². The van der Waals surface area contributed by atoms with E-state index in [4.69, 9.17) is 9.47 Å². The van der Waals surface area contributed by atoms with Crippen molar-refractivity contribution >= 4 is 6.29 Å². The summed E-state index contributed by atoms with van der Waals surface area (Å²) >= 11 is 0. The number of rotatable bonds is 3. The molecule has 1 saturated heterocycles. The predicted molar refractivity (Wildman–Crippen MR) is 82.0 cm³/mol. The van der Waals surface area contributed by atoms with E-state index in [1.165, 1.54) is 19.3 Å². The molecule has 21 heavy (non-hydrogen) atoms. The zero-order chi connectivity index (χ0) is 14.7. The molecule has 2 aliphatic rings. The van der Waals surface area contributed by atoms with Crippen LogP contribution in [0.3, 0.4) is 0 Å². The first-order valence-corrected chi connectivity index (χ1v) is 8.07. The number of hydrogen-bond donors (Lipinski definition) is 0. The van der Waals surface area contributed by atoms with E-state index in [0.717, 1.165) is 44.1 Å². The molecular formula is C18H24O3. The third-order valence-corrected chi connectivity index (χ3v) is 4.80. The van der Waals surface area contributed by atoms with Crippen molar-refractivity contribution < 1.29 is 14.3 Å². The second kappa shape index (κ2) is 6.18. The lowest BCUT2D eigenvalue weighted by Gasteiger charge is -2.43. The SMILES string of the molecule is Cc1ccc(OC2CCOC3(CCCCC3)C2)c(C=O)c1. The summed E-state index contributed by atoms with van der Waals surface area (Å²) in [6.45, 7) is 2.76. The molecule has 1 atom stereocenters. The Bertz CT molecular complexity index is 498. The quantitative estimate of drug-likeness (QED) is 0.787. The minimum atomic E-state index is 0.0349. The summed E-state index contributed by atoms with van der Waals surface area (Å²) in [7, 11) is 0. The van der Waals surface area contributed by atoms with E-state index in [0.29, 0.717) is 11.3 Å². The van der Waals surface area contributed by atoms with Crippen LogP contribution in [0, 0.1) is 6.92 Å². The molecule has 3 nitrogen and oxygen atoms in total. The summed E-state index contributed by atoms with van der Waals surface area (Å²) in [6, 6.07) is 5.80. The average molecular weight is 288 g/mol. The average Bonchev–Trinajstić information content (AvgIpc) is 2.50.